The topological polar surface area (TPSA) is 134 Å². The number of ether oxygens (including phenoxy) is 8. The minimum Gasteiger partial charge on any atom is -0.493 e. The molecule has 0 spiro atoms. The molecule has 0 heterocycles. The average Bonchev–Trinajstić information content (AvgIpc) is 1.58. The average molecular weight is 1250 g/mol. The number of benzene rings is 8. The highest BCUT2D eigenvalue weighted by Gasteiger charge is 2.45. The zero-order valence-electron chi connectivity index (χ0n) is 54.8. The van der Waals surface area contributed by atoms with Crippen molar-refractivity contribution in [3.05, 3.63) is 239 Å². The van der Waals surface area contributed by atoms with Gasteiger partial charge in [-0.05, 0) is 170 Å². The van der Waals surface area contributed by atoms with Gasteiger partial charge < -0.3 is 42.3 Å². The second-order valence-corrected chi connectivity index (χ2v) is 41.5. The van der Waals surface area contributed by atoms with Gasteiger partial charge in [-0.2, -0.15) is 0 Å². The lowest BCUT2D eigenvalue weighted by Gasteiger charge is -2.44. The van der Waals surface area contributed by atoms with Gasteiger partial charge in [-0.25, -0.2) is 14.4 Å². The summed E-state index contributed by atoms with van der Waals surface area (Å²) in [4.78, 5) is 38.8. The summed E-state index contributed by atoms with van der Waals surface area (Å²) in [5.41, 5.74) is 7.62. The van der Waals surface area contributed by atoms with E-state index in [9.17, 15) is 14.4 Å². The Labute approximate surface area is 534 Å². The van der Waals surface area contributed by atoms with Crippen molar-refractivity contribution >= 4 is 33.7 Å². The third-order valence-electron chi connectivity index (χ3n) is 17.8. The highest BCUT2D eigenvalue weighted by Crippen LogP contribution is 2.39. The summed E-state index contributed by atoms with van der Waals surface area (Å²) in [5.74, 6) is 2.68. The van der Waals surface area contributed by atoms with Crippen LogP contribution in [-0.4, -0.2) is 60.1 Å². The second-order valence-electron chi connectivity index (χ2n) is 26.3. The van der Waals surface area contributed by atoms with E-state index in [1.165, 1.54) is 11.1 Å². The number of methoxy groups -OCH3 is 2. The van der Waals surface area contributed by atoms with Crippen LogP contribution >= 0.6 is 0 Å². The predicted molar refractivity (Wildman–Crippen MR) is 362 cm³/mol. The van der Waals surface area contributed by atoms with Crippen molar-refractivity contribution in [3.8, 4) is 46.0 Å². The van der Waals surface area contributed by atoms with E-state index < -0.39 is 39.1 Å². The largest absolute Gasteiger partial charge is 0.519 e. The first-order valence-corrected chi connectivity index (χ1v) is 38.0. The van der Waals surface area contributed by atoms with Gasteiger partial charge in [0.05, 0.1) is 27.4 Å². The Balaban J connectivity index is 0.740. The Bertz CT molecular complexity index is 3670. The number of carbonyl (C=O) groups excluding carboxylic acids is 3. The van der Waals surface area contributed by atoms with Crippen LogP contribution in [0.5, 0.6) is 46.0 Å². The number of hydrogen-bond acceptors (Lipinski definition) is 12. The SMILES string of the molecule is COc1cc(CCC[Si](C)(C)[Si](C)(C)OC(C)(C)CCCc2ccc(OC(=O)Oc3ccc(C(C)(C)c4ccccc4)cc3)c(OC)c2)ccc1OC(=O)COc1ccc(C(C)(C)c2ccc(OC(=O)Oc3ccc(C(C)(C)c4ccccc4)cc3)cc2)cc1. The lowest BCUT2D eigenvalue weighted by molar-refractivity contribution is -0.136. The van der Waals surface area contributed by atoms with Crippen molar-refractivity contribution in [1.29, 1.82) is 0 Å². The van der Waals surface area contributed by atoms with Crippen molar-refractivity contribution in [1.82, 2.24) is 0 Å². The number of aryl methyl sites for hydroxylation is 2. The van der Waals surface area contributed by atoms with Crippen LogP contribution in [0.1, 0.15) is 119 Å². The van der Waals surface area contributed by atoms with E-state index in [0.29, 0.717) is 40.2 Å². The molecule has 0 N–H and O–H groups in total. The first-order chi connectivity index (χ1) is 42.7. The molecule has 14 heteroatoms. The van der Waals surface area contributed by atoms with Crippen molar-refractivity contribution in [2.75, 3.05) is 20.8 Å². The quantitative estimate of drug-likeness (QED) is 0.0210. The molecule has 0 saturated carbocycles. The standard InChI is InChI=1S/C76H88O12Si2/c1-73(2,49-21-23-54-30-48-67(69(51-54)81-10)87-72(79)85-65-45-35-60(36-46-65)75(5,6)57-27-19-16-20-28-57)88-90(13,14)89(11,12)50-22-24-55-29-47-66(68(52-55)80-9)86-70(77)53-82-62-39-31-58(32-40-62)76(7,8)61-37-43-64(44-38-61)84-71(78)83-63-41-33-59(34-42-63)74(3,4)56-25-17-15-18-26-56/h15-20,25-48,51-52H,21-24,49-50,53H2,1-14H3. The molecule has 0 bridgehead atoms. The number of esters is 1. The normalized spacial score (nSPS) is 12.2. The first kappa shape index (κ1) is 67.5. The Morgan fingerprint density at radius 1 is 0.389 bits per heavy atom. The van der Waals surface area contributed by atoms with E-state index in [1.807, 2.05) is 121 Å². The van der Waals surface area contributed by atoms with Gasteiger partial charge in [0.2, 0.25) is 0 Å². The molecule has 90 heavy (non-hydrogen) atoms. The second kappa shape index (κ2) is 29.0. The summed E-state index contributed by atoms with van der Waals surface area (Å²) in [7, 11) is -0.777. The van der Waals surface area contributed by atoms with E-state index in [2.05, 4.69) is 106 Å². The molecule has 0 aliphatic heterocycles. The molecule has 0 unspecified atom stereocenters. The summed E-state index contributed by atoms with van der Waals surface area (Å²) in [6, 6.07) is 63.0. The highest BCUT2D eigenvalue weighted by molar-refractivity contribution is 7.38. The first-order valence-electron chi connectivity index (χ1n) is 30.9. The molecule has 0 atom stereocenters. The van der Waals surface area contributed by atoms with E-state index in [0.717, 1.165) is 71.5 Å². The smallest absolute Gasteiger partial charge is 0.493 e. The minimum absolute atomic E-state index is 0.217. The molecular weight excluding hydrogens is 1160 g/mol. The number of rotatable bonds is 27. The third-order valence-corrected chi connectivity index (χ3v) is 34.6. The third kappa shape index (κ3) is 17.5. The van der Waals surface area contributed by atoms with Gasteiger partial charge in [-0.3, -0.25) is 0 Å². The van der Waals surface area contributed by atoms with E-state index >= 15 is 0 Å². The van der Waals surface area contributed by atoms with Crippen LogP contribution < -0.4 is 37.9 Å². The summed E-state index contributed by atoms with van der Waals surface area (Å²) in [6.07, 6.45) is 2.77. The molecule has 8 aromatic rings. The van der Waals surface area contributed by atoms with Crippen LogP contribution in [0, 0.1) is 0 Å². The van der Waals surface area contributed by atoms with Crippen molar-refractivity contribution in [3.63, 3.8) is 0 Å². The van der Waals surface area contributed by atoms with Crippen LogP contribution in [0.25, 0.3) is 0 Å². The van der Waals surface area contributed by atoms with Crippen LogP contribution in [0.15, 0.2) is 194 Å². The molecule has 8 aromatic carbocycles. The zero-order chi connectivity index (χ0) is 64.9. The van der Waals surface area contributed by atoms with Crippen LogP contribution in [0.3, 0.4) is 0 Å². The molecule has 0 aromatic heterocycles. The zero-order valence-corrected chi connectivity index (χ0v) is 56.8. The Morgan fingerprint density at radius 2 is 0.744 bits per heavy atom. The Hall–Kier alpha value is -8.44. The van der Waals surface area contributed by atoms with Crippen LogP contribution in [0.4, 0.5) is 9.59 Å². The van der Waals surface area contributed by atoms with Crippen LogP contribution in [-0.2, 0) is 38.3 Å². The van der Waals surface area contributed by atoms with E-state index in [-0.39, 0.29) is 28.8 Å². The molecule has 472 valence electrons. The maximum Gasteiger partial charge on any atom is 0.519 e. The van der Waals surface area contributed by atoms with Gasteiger partial charge in [0.15, 0.2) is 37.4 Å². The van der Waals surface area contributed by atoms with Crippen molar-refractivity contribution < 1.29 is 56.7 Å². The molecule has 0 amide bonds. The van der Waals surface area contributed by atoms with Crippen LogP contribution in [0.2, 0.25) is 32.2 Å². The van der Waals surface area contributed by atoms with Gasteiger partial charge >= 0.3 is 18.3 Å². The van der Waals surface area contributed by atoms with Gasteiger partial charge in [0.1, 0.15) is 23.0 Å². The molecule has 12 nitrogen and oxygen atoms in total. The lowest BCUT2D eigenvalue weighted by atomic mass is 9.78. The summed E-state index contributed by atoms with van der Waals surface area (Å²) in [6.45, 7) is 26.7. The van der Waals surface area contributed by atoms with E-state index in [4.69, 9.17) is 42.3 Å². The number of hydrogen-bond donors (Lipinski definition) is 0. The van der Waals surface area contributed by atoms with Gasteiger partial charge in [0, 0.05) is 16.2 Å². The van der Waals surface area contributed by atoms with Crippen molar-refractivity contribution in [2.24, 2.45) is 0 Å². The molecular formula is C76H88O12Si2. The minimum atomic E-state index is -2.11. The number of carbonyl (C=O) groups is 3. The molecule has 0 saturated heterocycles. The molecule has 8 rings (SSSR count). The molecule has 0 fully saturated rings. The summed E-state index contributed by atoms with van der Waals surface area (Å²) >= 11 is 0. The maximum absolute atomic E-state index is 13.1. The maximum atomic E-state index is 13.1. The fraction of sp³-hybridized carbons (Fsp3) is 0.329. The van der Waals surface area contributed by atoms with Gasteiger partial charge in [-0.15, -0.1) is 0 Å². The summed E-state index contributed by atoms with van der Waals surface area (Å²) < 4.78 is 52.3. The highest BCUT2D eigenvalue weighted by atomic mass is 29.3. The molecule has 0 aliphatic carbocycles. The van der Waals surface area contributed by atoms with Crippen molar-refractivity contribution in [2.45, 2.75) is 142 Å². The fourth-order valence-electron chi connectivity index (χ4n) is 11.2. The lowest BCUT2D eigenvalue weighted by Crippen LogP contribution is -2.60. The molecule has 0 aliphatic rings. The van der Waals surface area contributed by atoms with Gasteiger partial charge in [-0.1, -0.05) is 188 Å². The monoisotopic (exact) mass is 1250 g/mol. The van der Waals surface area contributed by atoms with Gasteiger partial charge in [0.25, 0.3) is 0 Å². The predicted octanol–water partition coefficient (Wildman–Crippen LogP) is 18.6. The van der Waals surface area contributed by atoms with E-state index in [1.54, 1.807) is 62.8 Å². The molecule has 0 radical (unpaired) electrons. The Morgan fingerprint density at radius 3 is 1.14 bits per heavy atom. The Kier molecular flexibility index (Phi) is 21.8. The fourth-order valence-corrected chi connectivity index (χ4v) is 18.7. The summed E-state index contributed by atoms with van der Waals surface area (Å²) in [5, 5.41) is 0.